The van der Waals surface area contributed by atoms with Crippen molar-refractivity contribution in [2.75, 3.05) is 0 Å². The standard InChI is InChI=1S/C26H24O6S/c1-17-22(31-24(28)18-11-5-2-6-12-18)21(27)23(32-25(29)19-13-7-3-8-14-19)26(30-17)33-20-15-9-4-10-16-20/h2-17,21-23,26-27H,1H3/t17-,21+,22-,23+,26-/m1/s1. The third-order valence-corrected chi connectivity index (χ3v) is 6.41. The lowest BCUT2D eigenvalue weighted by Gasteiger charge is -2.42. The number of aliphatic hydroxyl groups is 1. The minimum atomic E-state index is -1.28. The summed E-state index contributed by atoms with van der Waals surface area (Å²) in [5.41, 5.74) is 0.0110. The predicted octanol–water partition coefficient (Wildman–Crippen LogP) is 4.34. The first-order valence-corrected chi connectivity index (χ1v) is 11.5. The highest BCUT2D eigenvalue weighted by Crippen LogP contribution is 2.36. The molecule has 0 unspecified atom stereocenters. The number of esters is 2. The lowest BCUT2D eigenvalue weighted by Crippen LogP contribution is -2.58. The molecule has 3 aromatic carbocycles. The molecular formula is C26H24O6S. The summed E-state index contributed by atoms with van der Waals surface area (Å²) in [5, 5.41) is 11.2. The Morgan fingerprint density at radius 1 is 0.758 bits per heavy atom. The Labute approximate surface area is 196 Å². The Morgan fingerprint density at radius 3 is 1.73 bits per heavy atom. The van der Waals surface area contributed by atoms with Crippen LogP contribution in [-0.2, 0) is 14.2 Å². The highest BCUT2D eigenvalue weighted by Gasteiger charge is 2.48. The third-order valence-electron chi connectivity index (χ3n) is 5.25. The molecule has 0 bridgehead atoms. The van der Waals surface area contributed by atoms with Crippen molar-refractivity contribution >= 4 is 23.7 Å². The largest absolute Gasteiger partial charge is 0.453 e. The SMILES string of the molecule is C[C@H]1O[C@H](Sc2ccccc2)[C@@H](OC(=O)c2ccccc2)[C@@H](O)[C@@H]1OC(=O)c1ccccc1. The van der Waals surface area contributed by atoms with Gasteiger partial charge < -0.3 is 19.3 Å². The summed E-state index contributed by atoms with van der Waals surface area (Å²) in [4.78, 5) is 26.3. The van der Waals surface area contributed by atoms with Crippen molar-refractivity contribution in [3.63, 3.8) is 0 Å². The fourth-order valence-electron chi connectivity index (χ4n) is 3.54. The first-order chi connectivity index (χ1) is 16.0. The second-order valence-electron chi connectivity index (χ2n) is 7.60. The number of hydrogen-bond acceptors (Lipinski definition) is 7. The normalized spacial score (nSPS) is 24.6. The van der Waals surface area contributed by atoms with Crippen LogP contribution in [0.5, 0.6) is 0 Å². The quantitative estimate of drug-likeness (QED) is 0.544. The zero-order chi connectivity index (χ0) is 23.2. The van der Waals surface area contributed by atoms with Crippen LogP contribution in [0.25, 0.3) is 0 Å². The molecule has 1 saturated heterocycles. The zero-order valence-electron chi connectivity index (χ0n) is 17.9. The number of thioether (sulfide) groups is 1. The molecule has 33 heavy (non-hydrogen) atoms. The number of carbonyl (C=O) groups is 2. The van der Waals surface area contributed by atoms with E-state index in [1.165, 1.54) is 11.8 Å². The lowest BCUT2D eigenvalue weighted by atomic mass is 10.00. The summed E-state index contributed by atoms with van der Waals surface area (Å²) in [6.07, 6.45) is -3.98. The van der Waals surface area contributed by atoms with Crippen molar-refractivity contribution in [3.05, 3.63) is 102 Å². The molecule has 170 valence electrons. The molecule has 1 heterocycles. The Morgan fingerprint density at radius 2 is 1.21 bits per heavy atom. The first kappa shape index (κ1) is 23.0. The summed E-state index contributed by atoms with van der Waals surface area (Å²) in [7, 11) is 0. The van der Waals surface area contributed by atoms with Crippen LogP contribution < -0.4 is 0 Å². The van der Waals surface area contributed by atoms with Gasteiger partial charge in [-0.15, -0.1) is 0 Å². The fraction of sp³-hybridized carbons (Fsp3) is 0.231. The first-order valence-electron chi connectivity index (χ1n) is 10.6. The number of hydrogen-bond donors (Lipinski definition) is 1. The van der Waals surface area contributed by atoms with Gasteiger partial charge in [0.15, 0.2) is 12.2 Å². The van der Waals surface area contributed by atoms with Crippen molar-refractivity contribution in [2.24, 2.45) is 0 Å². The molecule has 0 amide bonds. The highest BCUT2D eigenvalue weighted by molar-refractivity contribution is 7.99. The Balaban J connectivity index is 1.56. The van der Waals surface area contributed by atoms with E-state index in [2.05, 4.69) is 0 Å². The smallest absolute Gasteiger partial charge is 0.338 e. The van der Waals surface area contributed by atoms with Gasteiger partial charge in [-0.3, -0.25) is 0 Å². The molecule has 3 aromatic rings. The average Bonchev–Trinajstić information content (AvgIpc) is 2.85. The molecule has 0 spiro atoms. The molecule has 1 fully saturated rings. The molecule has 1 aliphatic rings. The van der Waals surface area contributed by atoms with E-state index in [0.717, 1.165) is 4.90 Å². The van der Waals surface area contributed by atoms with E-state index < -0.39 is 41.8 Å². The number of benzene rings is 3. The van der Waals surface area contributed by atoms with Gasteiger partial charge in [-0.1, -0.05) is 66.4 Å². The van der Waals surface area contributed by atoms with E-state index in [0.29, 0.717) is 11.1 Å². The van der Waals surface area contributed by atoms with Crippen LogP contribution in [0.15, 0.2) is 95.9 Å². The van der Waals surface area contributed by atoms with Crippen molar-refractivity contribution in [3.8, 4) is 0 Å². The molecule has 6 nitrogen and oxygen atoms in total. The van der Waals surface area contributed by atoms with Crippen LogP contribution in [0.4, 0.5) is 0 Å². The minimum Gasteiger partial charge on any atom is -0.453 e. The Kier molecular flexibility index (Phi) is 7.44. The maximum Gasteiger partial charge on any atom is 0.338 e. The second-order valence-corrected chi connectivity index (χ2v) is 8.77. The number of aliphatic hydroxyl groups excluding tert-OH is 1. The van der Waals surface area contributed by atoms with Crippen LogP contribution in [0.2, 0.25) is 0 Å². The summed E-state index contributed by atoms with van der Waals surface area (Å²) < 4.78 is 17.4. The van der Waals surface area contributed by atoms with Gasteiger partial charge in [0.2, 0.25) is 0 Å². The Bertz CT molecular complexity index is 1060. The Hall–Kier alpha value is -3.13. The predicted molar refractivity (Wildman–Crippen MR) is 124 cm³/mol. The van der Waals surface area contributed by atoms with Gasteiger partial charge in [0.05, 0.1) is 17.2 Å². The average molecular weight is 465 g/mol. The van der Waals surface area contributed by atoms with E-state index in [1.54, 1.807) is 67.6 Å². The number of ether oxygens (including phenoxy) is 3. The monoisotopic (exact) mass is 464 g/mol. The van der Waals surface area contributed by atoms with E-state index in [9.17, 15) is 14.7 Å². The van der Waals surface area contributed by atoms with Crippen LogP contribution in [0.3, 0.4) is 0 Å². The van der Waals surface area contributed by atoms with Gasteiger partial charge in [0, 0.05) is 4.90 Å². The summed E-state index contributed by atoms with van der Waals surface area (Å²) in [6, 6.07) is 26.5. The van der Waals surface area contributed by atoms with Crippen molar-refractivity contribution in [2.45, 2.75) is 41.7 Å². The molecule has 0 saturated carbocycles. The van der Waals surface area contributed by atoms with E-state index >= 15 is 0 Å². The summed E-state index contributed by atoms with van der Waals surface area (Å²) in [5.74, 6) is -1.18. The van der Waals surface area contributed by atoms with Crippen molar-refractivity contribution < 1.29 is 28.9 Å². The maximum absolute atomic E-state index is 12.8. The van der Waals surface area contributed by atoms with Gasteiger partial charge in [-0.25, -0.2) is 9.59 Å². The van der Waals surface area contributed by atoms with Crippen molar-refractivity contribution in [1.29, 1.82) is 0 Å². The van der Waals surface area contributed by atoms with E-state index in [-0.39, 0.29) is 0 Å². The molecule has 0 radical (unpaired) electrons. The van der Waals surface area contributed by atoms with Gasteiger partial charge >= 0.3 is 11.9 Å². The van der Waals surface area contributed by atoms with E-state index in [4.69, 9.17) is 14.2 Å². The summed E-state index contributed by atoms with van der Waals surface area (Å²) in [6.45, 7) is 1.72. The topological polar surface area (TPSA) is 82.1 Å². The van der Waals surface area contributed by atoms with Crippen LogP contribution in [-0.4, -0.2) is 46.9 Å². The molecule has 7 heteroatoms. The third kappa shape index (κ3) is 5.63. The van der Waals surface area contributed by atoms with Gasteiger partial charge in [-0.05, 0) is 43.3 Å². The molecule has 1 aliphatic heterocycles. The highest BCUT2D eigenvalue weighted by atomic mass is 32.2. The molecule has 4 rings (SSSR count). The minimum absolute atomic E-state index is 0.351. The fourth-order valence-corrected chi connectivity index (χ4v) is 4.71. The summed E-state index contributed by atoms with van der Waals surface area (Å²) >= 11 is 1.33. The number of carbonyl (C=O) groups excluding carboxylic acids is 2. The lowest BCUT2D eigenvalue weighted by molar-refractivity contribution is -0.194. The van der Waals surface area contributed by atoms with Crippen LogP contribution in [0, 0.1) is 0 Å². The molecule has 5 atom stereocenters. The molecule has 1 N–H and O–H groups in total. The van der Waals surface area contributed by atoms with Gasteiger partial charge in [-0.2, -0.15) is 0 Å². The van der Waals surface area contributed by atoms with Gasteiger partial charge in [0.25, 0.3) is 0 Å². The van der Waals surface area contributed by atoms with Crippen LogP contribution >= 0.6 is 11.8 Å². The van der Waals surface area contributed by atoms with Crippen LogP contribution in [0.1, 0.15) is 27.6 Å². The molecular weight excluding hydrogens is 440 g/mol. The molecule has 0 aromatic heterocycles. The second kappa shape index (κ2) is 10.7. The van der Waals surface area contributed by atoms with Crippen molar-refractivity contribution in [1.82, 2.24) is 0 Å². The molecule has 0 aliphatic carbocycles. The zero-order valence-corrected chi connectivity index (χ0v) is 18.8. The number of rotatable bonds is 6. The maximum atomic E-state index is 12.8. The van der Waals surface area contributed by atoms with Gasteiger partial charge in [0.1, 0.15) is 11.5 Å². The van der Waals surface area contributed by atoms with E-state index in [1.807, 2.05) is 30.3 Å².